The maximum Gasteiger partial charge on any atom is 0.314 e. The molecule has 1 fully saturated rings. The molecule has 0 bridgehead atoms. The molecule has 1 rings (SSSR count). The molecule has 1 unspecified atom stereocenters. The molecule has 0 aromatic rings. The number of hydrogen-bond donors (Lipinski definition) is 0. The molecule has 12 heavy (non-hydrogen) atoms. The summed E-state index contributed by atoms with van der Waals surface area (Å²) in [6.07, 6.45) is 2.59. The van der Waals surface area contributed by atoms with Crippen LogP contribution >= 0.6 is 0 Å². The van der Waals surface area contributed by atoms with E-state index in [0.717, 1.165) is 6.42 Å². The Kier molecular flexibility index (Phi) is 2.52. The number of ether oxygens (including phenoxy) is 2. The van der Waals surface area contributed by atoms with Gasteiger partial charge < -0.3 is 9.47 Å². The number of allylic oxidation sites excluding steroid dienone is 1. The van der Waals surface area contributed by atoms with E-state index in [9.17, 15) is 4.79 Å². The summed E-state index contributed by atoms with van der Waals surface area (Å²) in [5.41, 5.74) is -0.425. The van der Waals surface area contributed by atoms with Gasteiger partial charge in [0.15, 0.2) is 0 Å². The Morgan fingerprint density at radius 2 is 2.42 bits per heavy atom. The van der Waals surface area contributed by atoms with Gasteiger partial charge >= 0.3 is 5.97 Å². The lowest BCUT2D eigenvalue weighted by atomic mass is 10.1. The summed E-state index contributed by atoms with van der Waals surface area (Å²) >= 11 is 0. The van der Waals surface area contributed by atoms with Crippen molar-refractivity contribution in [2.24, 2.45) is 11.3 Å². The van der Waals surface area contributed by atoms with Gasteiger partial charge in [-0.3, -0.25) is 4.79 Å². The van der Waals surface area contributed by atoms with E-state index in [0.29, 0.717) is 6.61 Å². The number of hydrogen-bond acceptors (Lipinski definition) is 3. The molecule has 0 aliphatic heterocycles. The molecule has 1 aliphatic rings. The zero-order valence-electron chi connectivity index (χ0n) is 7.50. The van der Waals surface area contributed by atoms with Crippen LogP contribution in [0.3, 0.4) is 0 Å². The molecule has 0 heterocycles. The van der Waals surface area contributed by atoms with Crippen molar-refractivity contribution in [2.75, 3.05) is 20.8 Å². The number of methoxy groups -OCH3 is 2. The SMILES string of the molecule is C=CC1C[C@]1(COC)C(=O)OC. The Morgan fingerprint density at radius 1 is 1.75 bits per heavy atom. The van der Waals surface area contributed by atoms with E-state index in [1.165, 1.54) is 7.11 Å². The third-order valence-corrected chi connectivity index (χ3v) is 2.41. The maximum atomic E-state index is 11.3. The van der Waals surface area contributed by atoms with E-state index in [-0.39, 0.29) is 11.9 Å². The van der Waals surface area contributed by atoms with E-state index in [2.05, 4.69) is 6.58 Å². The van der Waals surface area contributed by atoms with E-state index >= 15 is 0 Å². The van der Waals surface area contributed by atoms with Gasteiger partial charge in [-0.15, -0.1) is 6.58 Å². The standard InChI is InChI=1S/C9H14O3/c1-4-7-5-9(7,6-11-2)8(10)12-3/h4,7H,1,5-6H2,2-3H3/t7?,9-/m1/s1. The third-order valence-electron chi connectivity index (χ3n) is 2.41. The van der Waals surface area contributed by atoms with E-state index < -0.39 is 5.41 Å². The molecule has 0 spiro atoms. The zero-order chi connectivity index (χ0) is 9.19. The molecule has 1 saturated carbocycles. The number of rotatable bonds is 4. The van der Waals surface area contributed by atoms with Gasteiger partial charge in [0.05, 0.1) is 19.1 Å². The van der Waals surface area contributed by atoms with Crippen LogP contribution in [-0.2, 0) is 14.3 Å². The van der Waals surface area contributed by atoms with Crippen molar-refractivity contribution in [2.45, 2.75) is 6.42 Å². The van der Waals surface area contributed by atoms with Crippen molar-refractivity contribution < 1.29 is 14.3 Å². The van der Waals surface area contributed by atoms with E-state index in [4.69, 9.17) is 9.47 Å². The molecule has 1 aliphatic carbocycles. The third kappa shape index (κ3) is 1.25. The Bertz CT molecular complexity index is 200. The fraction of sp³-hybridized carbons (Fsp3) is 0.667. The summed E-state index contributed by atoms with van der Waals surface area (Å²) in [5.74, 6) is 0.0409. The van der Waals surface area contributed by atoms with Gasteiger partial charge in [0, 0.05) is 7.11 Å². The minimum atomic E-state index is -0.425. The lowest BCUT2D eigenvalue weighted by molar-refractivity contribution is -0.149. The van der Waals surface area contributed by atoms with Gasteiger partial charge in [-0.25, -0.2) is 0 Å². The quantitative estimate of drug-likeness (QED) is 0.466. The number of esters is 1. The first-order chi connectivity index (χ1) is 5.71. The summed E-state index contributed by atoms with van der Waals surface area (Å²) < 4.78 is 9.67. The normalized spacial score (nSPS) is 32.7. The molecule has 0 aromatic carbocycles. The number of carbonyl (C=O) groups is 1. The van der Waals surface area contributed by atoms with Gasteiger partial charge in [-0.2, -0.15) is 0 Å². The Morgan fingerprint density at radius 3 is 2.75 bits per heavy atom. The molecule has 68 valence electrons. The average Bonchev–Trinajstić information content (AvgIpc) is 2.79. The first-order valence-electron chi connectivity index (χ1n) is 3.91. The van der Waals surface area contributed by atoms with Crippen molar-refractivity contribution in [3.05, 3.63) is 12.7 Å². The van der Waals surface area contributed by atoms with Gasteiger partial charge in [0.1, 0.15) is 0 Å². The first-order valence-corrected chi connectivity index (χ1v) is 3.91. The molecule has 0 amide bonds. The smallest absolute Gasteiger partial charge is 0.314 e. The molecule has 3 nitrogen and oxygen atoms in total. The van der Waals surface area contributed by atoms with E-state index in [1.54, 1.807) is 13.2 Å². The van der Waals surface area contributed by atoms with Gasteiger partial charge in [-0.1, -0.05) is 6.08 Å². The second-order valence-electron chi connectivity index (χ2n) is 3.13. The lowest BCUT2D eigenvalue weighted by Gasteiger charge is -2.11. The summed E-state index contributed by atoms with van der Waals surface area (Å²) in [7, 11) is 2.99. The lowest BCUT2D eigenvalue weighted by Crippen LogP contribution is -2.24. The molecule has 0 N–H and O–H groups in total. The molecule has 0 aromatic heterocycles. The van der Waals surface area contributed by atoms with Crippen LogP contribution in [0.1, 0.15) is 6.42 Å². The molecule has 0 saturated heterocycles. The largest absolute Gasteiger partial charge is 0.469 e. The molecular formula is C9H14O3. The van der Waals surface area contributed by atoms with Crippen LogP contribution < -0.4 is 0 Å². The highest BCUT2D eigenvalue weighted by molar-refractivity contribution is 5.81. The highest BCUT2D eigenvalue weighted by Gasteiger charge is 2.59. The highest BCUT2D eigenvalue weighted by atomic mass is 16.5. The van der Waals surface area contributed by atoms with Crippen LogP contribution in [-0.4, -0.2) is 26.8 Å². The first kappa shape index (κ1) is 9.26. The molecular weight excluding hydrogens is 156 g/mol. The molecule has 2 atom stereocenters. The minimum absolute atomic E-state index is 0.186. The predicted molar refractivity (Wildman–Crippen MR) is 44.6 cm³/mol. The summed E-state index contributed by atoms with van der Waals surface area (Å²) in [4.78, 5) is 11.3. The Balaban J connectivity index is 2.64. The van der Waals surface area contributed by atoms with Crippen molar-refractivity contribution in [1.82, 2.24) is 0 Å². The number of carbonyl (C=O) groups excluding carboxylic acids is 1. The highest BCUT2D eigenvalue weighted by Crippen LogP contribution is 2.54. The summed E-state index contributed by atoms with van der Waals surface area (Å²) in [6.45, 7) is 4.08. The van der Waals surface area contributed by atoms with Gasteiger partial charge in [0.25, 0.3) is 0 Å². The van der Waals surface area contributed by atoms with Crippen molar-refractivity contribution in [3.8, 4) is 0 Å². The van der Waals surface area contributed by atoms with Crippen molar-refractivity contribution in [3.63, 3.8) is 0 Å². The Hall–Kier alpha value is -0.830. The van der Waals surface area contributed by atoms with E-state index in [1.807, 2.05) is 0 Å². The monoisotopic (exact) mass is 170 g/mol. The maximum absolute atomic E-state index is 11.3. The summed E-state index contributed by atoms with van der Waals surface area (Å²) in [6, 6.07) is 0. The van der Waals surface area contributed by atoms with Gasteiger partial charge in [0.2, 0.25) is 0 Å². The molecule has 0 radical (unpaired) electrons. The minimum Gasteiger partial charge on any atom is -0.469 e. The predicted octanol–water partition coefficient (Wildman–Crippen LogP) is 0.998. The van der Waals surface area contributed by atoms with Crippen molar-refractivity contribution in [1.29, 1.82) is 0 Å². The van der Waals surface area contributed by atoms with Crippen LogP contribution in [0.2, 0.25) is 0 Å². The van der Waals surface area contributed by atoms with Crippen LogP contribution in [0.15, 0.2) is 12.7 Å². The second kappa shape index (κ2) is 3.27. The van der Waals surface area contributed by atoms with Crippen LogP contribution in [0, 0.1) is 11.3 Å². The van der Waals surface area contributed by atoms with Crippen LogP contribution in [0.5, 0.6) is 0 Å². The second-order valence-corrected chi connectivity index (χ2v) is 3.13. The summed E-state index contributed by atoms with van der Waals surface area (Å²) in [5, 5.41) is 0. The zero-order valence-corrected chi connectivity index (χ0v) is 7.50. The van der Waals surface area contributed by atoms with Crippen LogP contribution in [0.25, 0.3) is 0 Å². The van der Waals surface area contributed by atoms with Gasteiger partial charge in [-0.05, 0) is 12.3 Å². The fourth-order valence-electron chi connectivity index (χ4n) is 1.56. The topological polar surface area (TPSA) is 35.5 Å². The van der Waals surface area contributed by atoms with Crippen molar-refractivity contribution >= 4 is 5.97 Å². The fourth-order valence-corrected chi connectivity index (χ4v) is 1.56. The Labute approximate surface area is 72.4 Å². The average molecular weight is 170 g/mol. The molecule has 3 heteroatoms. The van der Waals surface area contributed by atoms with Crippen LogP contribution in [0.4, 0.5) is 0 Å².